The van der Waals surface area contributed by atoms with Crippen molar-refractivity contribution < 1.29 is 65.0 Å². The molecule has 9 nitrogen and oxygen atoms in total. The van der Waals surface area contributed by atoms with Crippen LogP contribution in [0.5, 0.6) is 11.5 Å². The van der Waals surface area contributed by atoms with E-state index >= 15 is 0 Å². The molecule has 0 saturated heterocycles. The van der Waals surface area contributed by atoms with Gasteiger partial charge in [-0.1, -0.05) is 384 Å². The number of fused-ring (bicyclic) bond motifs is 12. The number of ether oxygens (including phenoxy) is 3. The quantitative estimate of drug-likeness (QED) is 0.0332. The number of aliphatic hydroxyl groups is 3. The second-order valence-corrected chi connectivity index (χ2v) is 33.6. The number of esters is 1. The van der Waals surface area contributed by atoms with E-state index in [2.05, 4.69) is 225 Å². The SMILES string of the molecule is C1=CC2CC1CC2(c1ccccc1)c1ccccc1.C1=CC2CC1CC2C(c1ccccc1)c1ccccc1.C1=CC2CC1CC2Cc1ccccc1.CC.CC.CC.CC.CC.CC.CC.CC.CO.CO.CO.COc1cc(C(=O)CC2CC3C=CC2C3)ccc1C.COc1cc(C(=O)OCC2CC3C=CC2C3)ccc1C.O=C(CC1CC2C=CC1C2)c1ccccc1.[CH3-].[W]. The maximum atomic E-state index is 12.4. The van der Waals surface area contributed by atoms with Crippen LogP contribution in [0.2, 0.25) is 0 Å². The summed E-state index contributed by atoms with van der Waals surface area (Å²) < 4.78 is 16.0. The van der Waals surface area contributed by atoms with Crippen LogP contribution in [-0.4, -0.2) is 75.0 Å². The van der Waals surface area contributed by atoms with Crippen LogP contribution in [0.4, 0.5) is 0 Å². The van der Waals surface area contributed by atoms with Crippen molar-refractivity contribution in [2.75, 3.05) is 42.2 Å². The topological polar surface area (TPSA) is 140 Å². The van der Waals surface area contributed by atoms with Gasteiger partial charge in [0.2, 0.25) is 0 Å². The molecule has 6 saturated carbocycles. The first-order valence-electron chi connectivity index (χ1n) is 50.2. The first kappa shape index (κ1) is 119. The zero-order valence-electron chi connectivity index (χ0n) is 85.6. The molecule has 3 N–H and O–H groups in total. The van der Waals surface area contributed by atoms with Gasteiger partial charge >= 0.3 is 5.97 Å². The summed E-state index contributed by atoms with van der Waals surface area (Å²) in [6, 6.07) is 76.1. The molecule has 12 aliphatic rings. The molecular weight excluding hydrogens is 1790 g/mol. The smallest absolute Gasteiger partial charge is 0.338 e. The molecule has 17 atom stereocenters. The van der Waals surface area contributed by atoms with Crippen LogP contribution >= 0.6 is 0 Å². The van der Waals surface area contributed by atoms with Gasteiger partial charge in [0.05, 0.1) is 26.4 Å². The van der Waals surface area contributed by atoms with Gasteiger partial charge in [0.1, 0.15) is 11.5 Å². The zero-order valence-corrected chi connectivity index (χ0v) is 88.6. The molecule has 12 bridgehead atoms. The average molecular weight is 1970 g/mol. The van der Waals surface area contributed by atoms with Crippen LogP contribution in [-0.2, 0) is 37.6 Å². The van der Waals surface area contributed by atoms with Crippen LogP contribution < -0.4 is 9.47 Å². The number of methoxy groups -OCH3 is 2. The molecule has 8 aromatic rings. The van der Waals surface area contributed by atoms with Crippen LogP contribution in [0.15, 0.2) is 291 Å². The van der Waals surface area contributed by atoms with Gasteiger partial charge in [-0.3, -0.25) is 9.59 Å². The second-order valence-electron chi connectivity index (χ2n) is 33.6. The molecule has 17 unspecified atom stereocenters. The maximum Gasteiger partial charge on any atom is 0.338 e. The van der Waals surface area contributed by atoms with Gasteiger partial charge in [-0.05, 0) is 255 Å². The molecule has 10 heteroatoms. The van der Waals surface area contributed by atoms with Gasteiger partial charge in [-0.2, -0.15) is 0 Å². The minimum Gasteiger partial charge on any atom is -0.496 e. The van der Waals surface area contributed by atoms with Gasteiger partial charge in [0, 0.05) is 77.7 Å². The number of aliphatic hydroxyl groups excluding tert-OH is 3. The Morgan fingerprint density at radius 2 is 0.667 bits per heavy atom. The number of rotatable bonds is 18. The van der Waals surface area contributed by atoms with Gasteiger partial charge in [0.15, 0.2) is 11.6 Å². The molecule has 0 heterocycles. The third-order valence-corrected chi connectivity index (χ3v) is 26.8. The largest absolute Gasteiger partial charge is 0.496 e. The fourth-order valence-electron chi connectivity index (χ4n) is 21.3. The van der Waals surface area contributed by atoms with E-state index in [1.54, 1.807) is 26.4 Å². The maximum absolute atomic E-state index is 12.4. The van der Waals surface area contributed by atoms with Crippen molar-refractivity contribution in [1.82, 2.24) is 0 Å². The van der Waals surface area contributed by atoms with Gasteiger partial charge < -0.3 is 37.0 Å². The monoisotopic (exact) mass is 1970 g/mol. The number of hydrogen-bond acceptors (Lipinski definition) is 9. The van der Waals surface area contributed by atoms with Crippen molar-refractivity contribution in [3.05, 3.63) is 354 Å². The van der Waals surface area contributed by atoms with Crippen LogP contribution in [0, 0.1) is 122 Å². The molecule has 132 heavy (non-hydrogen) atoms. The van der Waals surface area contributed by atoms with E-state index in [9.17, 15) is 14.4 Å². The van der Waals surface area contributed by atoms with Gasteiger partial charge in [-0.15, -0.1) is 0 Å². The van der Waals surface area contributed by atoms with Crippen LogP contribution in [0.3, 0.4) is 0 Å². The van der Waals surface area contributed by atoms with Crippen LogP contribution in [0.25, 0.3) is 0 Å². The molecule has 0 aromatic heterocycles. The molecule has 0 radical (unpaired) electrons. The van der Waals surface area contributed by atoms with E-state index in [-0.39, 0.29) is 45.7 Å². The molecule has 0 spiro atoms. The van der Waals surface area contributed by atoms with Gasteiger partial charge in [-0.25, -0.2) is 4.79 Å². The Hall–Kier alpha value is -8.82. The Bertz CT molecular complexity index is 4460. The number of carbonyl (C=O) groups is 3. The molecule has 6 fully saturated rings. The summed E-state index contributed by atoms with van der Waals surface area (Å²) in [5.74, 6) is 14.7. The molecule has 0 aliphatic heterocycles. The first-order valence-corrected chi connectivity index (χ1v) is 50.2. The summed E-state index contributed by atoms with van der Waals surface area (Å²) in [6.07, 6.45) is 46.7. The standard InChI is InChI=1S/C20H20.C19H18.C17H20O3.C17H20O2.C15H16O.C14H16.8C2H6.3CH4O.CH3.W/c1-3-7-16(8-4-1)20(17-9-5-2-6-10-17)19-14-15-11-12-18(19)13-15;1-3-7-16(8-4-1)19(17-9-5-2-6-10-17)14-15-11-12-18(19)13-15;1-11-3-5-14(9-16(11)19-2)17(18)20-10-15-8-12-4-6-13(15)7-12;1-11-3-5-14(10-17(11)19-2)16(18)9-15-8-12-4-6-13(15)7-12;16-15(12-4-2-1-3-5-12)10-14-9-11-6-7-13(14)8-11;1-2-4-11(5-3-1)8-14-10-12-6-7-13(14)9-12;11*1-2;;/h1-12,15,18-20H,13-14H2;1-12,15,18H,13-14H2;3-6,9,12-13,15H,7-8,10H2,1-2H3;3-6,10,12-13,15H,7-9H2,1-2H3;1-7,11,13-14H,8-10H2;1-7,12-14H,8-10H2;8*1-2H3;3*2H,1H3;1H3;/q;;;;;;;;;;;;;;;;;-1;. The van der Waals surface area contributed by atoms with Crippen molar-refractivity contribution in [2.45, 2.75) is 232 Å². The third kappa shape index (κ3) is 33.9. The molecule has 20 rings (SSSR count). The van der Waals surface area contributed by atoms with E-state index in [4.69, 9.17) is 29.5 Å². The predicted octanol–water partition coefficient (Wildman–Crippen LogP) is 31.2. The minimum absolute atomic E-state index is 0. The average Bonchev–Trinajstić information content (AvgIpc) is 1.55. The number of carbonyl (C=O) groups excluding carboxylic acids is 3. The number of hydrogen-bond donors (Lipinski definition) is 3. The first-order chi connectivity index (χ1) is 63.9. The second kappa shape index (κ2) is 67.4. The van der Waals surface area contributed by atoms with Crippen molar-refractivity contribution >= 4 is 17.5 Å². The zero-order chi connectivity index (χ0) is 95.9. The number of aryl methyl sites for hydroxylation is 2. The number of allylic oxidation sites excluding steroid dienone is 12. The fourth-order valence-corrected chi connectivity index (χ4v) is 21.3. The summed E-state index contributed by atoms with van der Waals surface area (Å²) in [5.41, 5.74) is 11.9. The van der Waals surface area contributed by atoms with Crippen LogP contribution in [0.1, 0.15) is 277 Å². The van der Waals surface area contributed by atoms with E-state index in [1.165, 1.54) is 105 Å². The van der Waals surface area contributed by atoms with E-state index < -0.39 is 0 Å². The Kier molecular flexibility index (Phi) is 60.9. The number of Topliss-reactive ketones (excluding diaryl/α,β-unsaturated/α-hetero) is 2. The number of benzene rings is 8. The van der Waals surface area contributed by atoms with E-state index in [0.29, 0.717) is 77.6 Å². The van der Waals surface area contributed by atoms with Crippen molar-refractivity contribution in [3.8, 4) is 11.5 Å². The van der Waals surface area contributed by atoms with Crippen molar-refractivity contribution in [3.63, 3.8) is 0 Å². The summed E-state index contributed by atoms with van der Waals surface area (Å²) in [6.45, 7) is 36.5. The molecule has 8 aromatic carbocycles. The summed E-state index contributed by atoms with van der Waals surface area (Å²) in [4.78, 5) is 36.5. The Labute approximate surface area is 817 Å². The van der Waals surface area contributed by atoms with E-state index in [0.717, 1.165) is 121 Å². The summed E-state index contributed by atoms with van der Waals surface area (Å²) in [5, 5.41) is 21.0. The van der Waals surface area contributed by atoms with Crippen molar-refractivity contribution in [2.24, 2.45) is 101 Å². The Morgan fingerprint density at radius 3 is 1.01 bits per heavy atom. The Morgan fingerprint density at radius 1 is 0.341 bits per heavy atom. The third-order valence-electron chi connectivity index (χ3n) is 26.8. The predicted molar refractivity (Wildman–Crippen MR) is 560 cm³/mol. The normalized spacial score (nSPS) is 23.9. The molecule has 12 aliphatic carbocycles. The molecular formula is C122H173O9W-. The van der Waals surface area contributed by atoms with Crippen molar-refractivity contribution in [1.29, 1.82) is 0 Å². The summed E-state index contributed by atoms with van der Waals surface area (Å²) in [7, 11) is 6.26. The number of ketones is 2. The fraction of sp³-hybridized carbons (Fsp3) is 0.475. The molecule has 722 valence electrons. The molecule has 0 amide bonds. The minimum atomic E-state index is -0.255. The Balaban J connectivity index is 0.000000513. The van der Waals surface area contributed by atoms with Gasteiger partial charge in [0.25, 0.3) is 0 Å². The summed E-state index contributed by atoms with van der Waals surface area (Å²) >= 11 is 0. The van der Waals surface area contributed by atoms with E-state index in [1.807, 2.05) is 179 Å².